The summed E-state index contributed by atoms with van der Waals surface area (Å²) in [4.78, 5) is 22.6. The largest absolute Gasteiger partial charge is 0.479 e. The highest BCUT2D eigenvalue weighted by Gasteiger charge is 2.25. The van der Waals surface area contributed by atoms with Crippen molar-refractivity contribution in [1.82, 2.24) is 14.7 Å². The molecule has 0 fully saturated rings. The zero-order chi connectivity index (χ0) is 11.4. The fraction of sp³-hybridized carbons (Fsp3) is 0.444. The van der Waals surface area contributed by atoms with Gasteiger partial charge in [-0.15, -0.1) is 0 Å². The second kappa shape index (κ2) is 4.59. The number of carboxylic acids is 1. The van der Waals surface area contributed by atoms with E-state index >= 15 is 0 Å². The van der Waals surface area contributed by atoms with E-state index in [0.717, 1.165) is 4.90 Å². The lowest BCUT2D eigenvalue weighted by molar-refractivity contribution is -0.145. The molecule has 1 aromatic rings. The van der Waals surface area contributed by atoms with Crippen molar-refractivity contribution in [3.8, 4) is 0 Å². The van der Waals surface area contributed by atoms with E-state index in [1.807, 2.05) is 6.92 Å². The van der Waals surface area contributed by atoms with Crippen molar-refractivity contribution in [2.75, 3.05) is 7.05 Å². The van der Waals surface area contributed by atoms with Gasteiger partial charge in [0.2, 0.25) is 6.41 Å². The van der Waals surface area contributed by atoms with E-state index < -0.39 is 12.0 Å². The first-order valence-electron chi connectivity index (χ1n) is 4.52. The van der Waals surface area contributed by atoms with Gasteiger partial charge in [-0.05, 0) is 6.92 Å². The second-order valence-electron chi connectivity index (χ2n) is 3.14. The van der Waals surface area contributed by atoms with Gasteiger partial charge in [-0.2, -0.15) is 5.10 Å². The van der Waals surface area contributed by atoms with Gasteiger partial charge in [0, 0.05) is 25.4 Å². The predicted molar refractivity (Wildman–Crippen MR) is 52.1 cm³/mol. The molecule has 0 aliphatic carbocycles. The smallest absolute Gasteiger partial charge is 0.331 e. The van der Waals surface area contributed by atoms with E-state index in [0.29, 0.717) is 18.5 Å². The molecule has 6 nitrogen and oxygen atoms in total. The van der Waals surface area contributed by atoms with E-state index in [4.69, 9.17) is 5.11 Å². The first kappa shape index (κ1) is 11.2. The fourth-order valence-electron chi connectivity index (χ4n) is 1.31. The van der Waals surface area contributed by atoms with Gasteiger partial charge in [0.1, 0.15) is 0 Å². The fourth-order valence-corrected chi connectivity index (χ4v) is 1.31. The number of carbonyl (C=O) groups is 2. The van der Waals surface area contributed by atoms with Crippen molar-refractivity contribution < 1.29 is 14.7 Å². The third kappa shape index (κ3) is 2.34. The van der Waals surface area contributed by atoms with Crippen LogP contribution in [0.25, 0.3) is 0 Å². The Hall–Kier alpha value is -1.85. The molecule has 6 heteroatoms. The number of aromatic nitrogens is 2. The van der Waals surface area contributed by atoms with Gasteiger partial charge in [-0.1, -0.05) is 0 Å². The second-order valence-corrected chi connectivity index (χ2v) is 3.14. The summed E-state index contributed by atoms with van der Waals surface area (Å²) in [7, 11) is 1.43. The maximum absolute atomic E-state index is 11.0. The maximum atomic E-state index is 11.0. The molecule has 0 aromatic carbocycles. The lowest BCUT2D eigenvalue weighted by Gasteiger charge is -2.18. The lowest BCUT2D eigenvalue weighted by atomic mass is 10.1. The minimum atomic E-state index is -1.07. The SMILES string of the molecule is CCn1cc(C(C(=O)O)N(C)C=O)cn1. The van der Waals surface area contributed by atoms with Gasteiger partial charge < -0.3 is 10.0 Å². The number of nitrogens with zero attached hydrogens (tertiary/aromatic N) is 3. The van der Waals surface area contributed by atoms with Crippen LogP contribution in [0.3, 0.4) is 0 Å². The monoisotopic (exact) mass is 211 g/mol. The van der Waals surface area contributed by atoms with Crippen molar-refractivity contribution >= 4 is 12.4 Å². The number of amides is 1. The van der Waals surface area contributed by atoms with Crippen LogP contribution in [0.4, 0.5) is 0 Å². The van der Waals surface area contributed by atoms with Crippen LogP contribution in [0.2, 0.25) is 0 Å². The molecule has 0 spiro atoms. The maximum Gasteiger partial charge on any atom is 0.331 e. The molecule has 0 aliphatic rings. The highest BCUT2D eigenvalue weighted by Crippen LogP contribution is 2.17. The van der Waals surface area contributed by atoms with Gasteiger partial charge in [-0.25, -0.2) is 4.79 Å². The number of hydrogen-bond donors (Lipinski definition) is 1. The van der Waals surface area contributed by atoms with Crippen LogP contribution >= 0.6 is 0 Å². The summed E-state index contributed by atoms with van der Waals surface area (Å²) in [6.45, 7) is 2.56. The number of carboxylic acid groups (broad SMARTS) is 1. The summed E-state index contributed by atoms with van der Waals surface area (Å²) in [6, 6.07) is -0.970. The molecule has 1 aromatic heterocycles. The highest BCUT2D eigenvalue weighted by molar-refractivity contribution is 5.77. The molecular weight excluding hydrogens is 198 g/mol. The Morgan fingerprint density at radius 1 is 1.80 bits per heavy atom. The molecular formula is C9H13N3O3. The third-order valence-electron chi connectivity index (χ3n) is 2.10. The minimum absolute atomic E-state index is 0.488. The highest BCUT2D eigenvalue weighted by atomic mass is 16.4. The molecule has 0 bridgehead atoms. The topological polar surface area (TPSA) is 75.4 Å². The first-order valence-corrected chi connectivity index (χ1v) is 4.52. The van der Waals surface area contributed by atoms with Crippen molar-refractivity contribution in [2.24, 2.45) is 0 Å². The quantitative estimate of drug-likeness (QED) is 0.702. The average Bonchev–Trinajstić information content (AvgIpc) is 2.65. The first-order chi connectivity index (χ1) is 7.10. The number of aliphatic carboxylic acids is 1. The minimum Gasteiger partial charge on any atom is -0.479 e. The summed E-state index contributed by atoms with van der Waals surface area (Å²) >= 11 is 0. The molecule has 0 saturated heterocycles. The van der Waals surface area contributed by atoms with Gasteiger partial charge in [0.05, 0.1) is 6.20 Å². The third-order valence-corrected chi connectivity index (χ3v) is 2.10. The predicted octanol–water partition coefficient (Wildman–Crippen LogP) is 0.117. The Morgan fingerprint density at radius 2 is 2.47 bits per heavy atom. The Morgan fingerprint density at radius 3 is 2.87 bits per heavy atom. The van der Waals surface area contributed by atoms with Gasteiger partial charge in [0.25, 0.3) is 0 Å². The summed E-state index contributed by atoms with van der Waals surface area (Å²) < 4.78 is 1.61. The molecule has 0 radical (unpaired) electrons. The summed E-state index contributed by atoms with van der Waals surface area (Å²) in [6.07, 6.45) is 3.57. The van der Waals surface area contributed by atoms with Crippen LogP contribution in [-0.4, -0.2) is 39.2 Å². The standard InChI is InChI=1S/C9H13N3O3/c1-3-12-5-7(4-10-12)8(9(14)15)11(2)6-13/h4-6,8H,3H2,1-2H3,(H,14,15). The number of aryl methyl sites for hydroxylation is 1. The number of rotatable bonds is 5. The van der Waals surface area contributed by atoms with E-state index in [1.165, 1.54) is 13.2 Å². The van der Waals surface area contributed by atoms with Crippen LogP contribution in [0.5, 0.6) is 0 Å². The molecule has 0 aliphatic heterocycles. The van der Waals surface area contributed by atoms with Crippen molar-refractivity contribution in [3.05, 3.63) is 18.0 Å². The van der Waals surface area contributed by atoms with Gasteiger partial charge in [0.15, 0.2) is 6.04 Å². The number of hydrogen-bond acceptors (Lipinski definition) is 3. The normalized spacial score (nSPS) is 12.1. The lowest BCUT2D eigenvalue weighted by Crippen LogP contribution is -2.29. The molecule has 1 amide bonds. The Balaban J connectivity index is 2.98. The molecule has 1 rings (SSSR count). The van der Waals surface area contributed by atoms with E-state index in [2.05, 4.69) is 5.10 Å². The van der Waals surface area contributed by atoms with Crippen molar-refractivity contribution in [1.29, 1.82) is 0 Å². The molecule has 1 unspecified atom stereocenters. The van der Waals surface area contributed by atoms with Crippen LogP contribution in [0.1, 0.15) is 18.5 Å². The van der Waals surface area contributed by atoms with Gasteiger partial charge in [-0.3, -0.25) is 9.48 Å². The number of likely N-dealkylation sites (N-methyl/N-ethyl adjacent to an activating group) is 1. The van der Waals surface area contributed by atoms with Crippen LogP contribution in [0, 0.1) is 0 Å². The molecule has 15 heavy (non-hydrogen) atoms. The Labute approximate surface area is 87.1 Å². The number of carbonyl (C=O) groups excluding carboxylic acids is 1. The van der Waals surface area contributed by atoms with Crippen molar-refractivity contribution in [3.63, 3.8) is 0 Å². The summed E-state index contributed by atoms with van der Waals surface area (Å²) in [5.74, 6) is -1.07. The Kier molecular flexibility index (Phi) is 3.43. The zero-order valence-corrected chi connectivity index (χ0v) is 8.62. The molecule has 1 heterocycles. The van der Waals surface area contributed by atoms with Crippen LogP contribution in [-0.2, 0) is 16.1 Å². The molecule has 0 saturated carbocycles. The van der Waals surface area contributed by atoms with Crippen LogP contribution < -0.4 is 0 Å². The summed E-state index contributed by atoms with van der Waals surface area (Å²) in [5, 5.41) is 12.9. The average molecular weight is 211 g/mol. The molecule has 82 valence electrons. The molecule has 1 atom stereocenters. The van der Waals surface area contributed by atoms with Gasteiger partial charge >= 0.3 is 5.97 Å². The Bertz CT molecular complexity index is 361. The summed E-state index contributed by atoms with van der Waals surface area (Å²) in [5.41, 5.74) is 0.499. The van der Waals surface area contributed by atoms with E-state index in [-0.39, 0.29) is 0 Å². The zero-order valence-electron chi connectivity index (χ0n) is 8.62. The van der Waals surface area contributed by atoms with E-state index in [1.54, 1.807) is 10.9 Å². The molecule has 1 N–H and O–H groups in total. The van der Waals surface area contributed by atoms with E-state index in [9.17, 15) is 9.59 Å². The van der Waals surface area contributed by atoms with Crippen LogP contribution in [0.15, 0.2) is 12.4 Å². The van der Waals surface area contributed by atoms with Crippen molar-refractivity contribution in [2.45, 2.75) is 19.5 Å².